The number of aryl methyl sites for hydroxylation is 1. The monoisotopic (exact) mass is 221 g/mol. The summed E-state index contributed by atoms with van der Waals surface area (Å²) in [7, 11) is 3.73. The lowest BCUT2D eigenvalue weighted by molar-refractivity contribution is 0.404. The number of benzene rings is 1. The fourth-order valence-electron chi connectivity index (χ4n) is 2.16. The zero-order valence-electron chi connectivity index (χ0n) is 11.5. The molecule has 90 valence electrons. The molecule has 0 amide bonds. The molecular formula is C14H23NO. The molecule has 0 saturated heterocycles. The van der Waals surface area contributed by atoms with E-state index in [0.717, 1.165) is 5.75 Å². The van der Waals surface area contributed by atoms with Gasteiger partial charge in [-0.3, -0.25) is 0 Å². The van der Waals surface area contributed by atoms with E-state index < -0.39 is 0 Å². The molecular weight excluding hydrogens is 198 g/mol. The van der Waals surface area contributed by atoms with E-state index in [1.165, 1.54) is 22.3 Å². The fourth-order valence-corrected chi connectivity index (χ4v) is 2.16. The third-order valence-electron chi connectivity index (χ3n) is 3.53. The maximum absolute atomic E-state index is 5.44. The van der Waals surface area contributed by atoms with Crippen molar-refractivity contribution in [3.05, 3.63) is 28.3 Å². The topological polar surface area (TPSA) is 21.3 Å². The van der Waals surface area contributed by atoms with Gasteiger partial charge < -0.3 is 10.1 Å². The predicted octanol–water partition coefficient (Wildman–Crippen LogP) is 3.07. The largest absolute Gasteiger partial charge is 0.496 e. The quantitative estimate of drug-likeness (QED) is 0.847. The first-order chi connectivity index (χ1) is 7.35. The van der Waals surface area contributed by atoms with Crippen molar-refractivity contribution in [1.29, 1.82) is 0 Å². The number of methoxy groups -OCH3 is 1. The molecule has 0 spiro atoms. The summed E-state index contributed by atoms with van der Waals surface area (Å²) in [5.74, 6) is 1.01. The smallest absolute Gasteiger partial charge is 0.124 e. The molecule has 1 aromatic rings. The van der Waals surface area contributed by atoms with E-state index in [1.54, 1.807) is 7.11 Å². The van der Waals surface area contributed by atoms with Gasteiger partial charge in [-0.2, -0.15) is 0 Å². The van der Waals surface area contributed by atoms with E-state index in [0.29, 0.717) is 0 Å². The predicted molar refractivity (Wildman–Crippen MR) is 69.3 cm³/mol. The first-order valence-electron chi connectivity index (χ1n) is 5.69. The van der Waals surface area contributed by atoms with Gasteiger partial charge >= 0.3 is 0 Å². The van der Waals surface area contributed by atoms with Gasteiger partial charge in [0.05, 0.1) is 7.11 Å². The molecule has 0 aliphatic carbocycles. The summed E-state index contributed by atoms with van der Waals surface area (Å²) in [5, 5.41) is 3.35. The number of nitrogens with one attached hydrogen (secondary N) is 1. The van der Waals surface area contributed by atoms with E-state index >= 15 is 0 Å². The van der Waals surface area contributed by atoms with Crippen LogP contribution in [-0.4, -0.2) is 14.2 Å². The van der Waals surface area contributed by atoms with Crippen LogP contribution in [0.3, 0.4) is 0 Å². The maximum atomic E-state index is 5.44. The average molecular weight is 221 g/mol. The minimum atomic E-state index is -0.00806. The highest BCUT2D eigenvalue weighted by molar-refractivity contribution is 5.50. The Morgan fingerprint density at radius 1 is 1.12 bits per heavy atom. The summed E-state index contributed by atoms with van der Waals surface area (Å²) in [6.45, 7) is 10.8. The number of hydrogen-bond acceptors (Lipinski definition) is 2. The van der Waals surface area contributed by atoms with Crippen LogP contribution in [0, 0.1) is 20.8 Å². The average Bonchev–Trinajstić information content (AvgIpc) is 2.24. The van der Waals surface area contributed by atoms with Crippen LogP contribution in [0.1, 0.15) is 36.1 Å². The van der Waals surface area contributed by atoms with Crippen molar-refractivity contribution >= 4 is 0 Å². The zero-order chi connectivity index (χ0) is 12.5. The highest BCUT2D eigenvalue weighted by atomic mass is 16.5. The van der Waals surface area contributed by atoms with Crippen LogP contribution in [0.25, 0.3) is 0 Å². The second kappa shape index (κ2) is 4.46. The Morgan fingerprint density at radius 2 is 1.69 bits per heavy atom. The lowest BCUT2D eigenvalue weighted by Gasteiger charge is -2.29. The summed E-state index contributed by atoms with van der Waals surface area (Å²) in [5.41, 5.74) is 5.07. The van der Waals surface area contributed by atoms with Crippen molar-refractivity contribution in [2.45, 2.75) is 40.2 Å². The Kier molecular flexibility index (Phi) is 3.64. The molecule has 0 heterocycles. The molecule has 1 rings (SSSR count). The number of ether oxygens (including phenoxy) is 1. The number of hydrogen-bond donors (Lipinski definition) is 1. The second-order valence-corrected chi connectivity index (χ2v) is 4.90. The molecule has 0 saturated carbocycles. The van der Waals surface area contributed by atoms with Crippen molar-refractivity contribution < 1.29 is 4.74 Å². The summed E-state index contributed by atoms with van der Waals surface area (Å²) in [6.07, 6.45) is 0. The van der Waals surface area contributed by atoms with E-state index in [9.17, 15) is 0 Å². The summed E-state index contributed by atoms with van der Waals surface area (Å²) < 4.78 is 5.44. The lowest BCUT2D eigenvalue weighted by atomic mass is 9.86. The minimum Gasteiger partial charge on any atom is -0.496 e. The molecule has 0 bridgehead atoms. The molecule has 0 aliphatic heterocycles. The zero-order valence-corrected chi connectivity index (χ0v) is 11.5. The van der Waals surface area contributed by atoms with E-state index in [4.69, 9.17) is 4.74 Å². The third-order valence-corrected chi connectivity index (χ3v) is 3.53. The van der Waals surface area contributed by atoms with Gasteiger partial charge in [0, 0.05) is 5.54 Å². The van der Waals surface area contributed by atoms with E-state index in [-0.39, 0.29) is 5.54 Å². The SMILES string of the molecule is CNC(C)(C)c1cc(C)c(OC)c(C)c1C. The Labute approximate surface area is 99.0 Å². The van der Waals surface area contributed by atoms with E-state index in [1.807, 2.05) is 7.05 Å². The van der Waals surface area contributed by atoms with Crippen molar-refractivity contribution in [2.24, 2.45) is 0 Å². The van der Waals surface area contributed by atoms with Crippen LogP contribution < -0.4 is 10.1 Å². The molecule has 0 atom stereocenters. The Hall–Kier alpha value is -1.02. The van der Waals surface area contributed by atoms with Crippen LogP contribution in [0.15, 0.2) is 6.07 Å². The van der Waals surface area contributed by atoms with Gasteiger partial charge in [0.15, 0.2) is 0 Å². The first-order valence-corrected chi connectivity index (χ1v) is 5.69. The second-order valence-electron chi connectivity index (χ2n) is 4.90. The number of rotatable bonds is 3. The van der Waals surface area contributed by atoms with E-state index in [2.05, 4.69) is 46.0 Å². The molecule has 0 aromatic heterocycles. The minimum absolute atomic E-state index is 0.00806. The first kappa shape index (κ1) is 13.0. The highest BCUT2D eigenvalue weighted by Gasteiger charge is 2.23. The van der Waals surface area contributed by atoms with Crippen LogP contribution in [0.5, 0.6) is 5.75 Å². The normalized spacial score (nSPS) is 11.7. The maximum Gasteiger partial charge on any atom is 0.124 e. The van der Waals surface area contributed by atoms with Gasteiger partial charge in [0.1, 0.15) is 5.75 Å². The van der Waals surface area contributed by atoms with Crippen molar-refractivity contribution in [1.82, 2.24) is 5.32 Å². The van der Waals surface area contributed by atoms with Crippen molar-refractivity contribution in [3.63, 3.8) is 0 Å². The Balaban J connectivity index is 3.45. The third kappa shape index (κ3) is 2.07. The lowest BCUT2D eigenvalue weighted by Crippen LogP contribution is -2.34. The van der Waals surface area contributed by atoms with Crippen LogP contribution in [-0.2, 0) is 5.54 Å². The molecule has 1 aromatic carbocycles. The molecule has 16 heavy (non-hydrogen) atoms. The standard InChI is InChI=1S/C14H23NO/c1-9-8-12(14(4,5)15-6)10(2)11(3)13(9)16-7/h8,15H,1-7H3. The van der Waals surface area contributed by atoms with Gasteiger partial charge in [-0.15, -0.1) is 0 Å². The highest BCUT2D eigenvalue weighted by Crippen LogP contribution is 2.33. The van der Waals surface area contributed by atoms with Gasteiger partial charge in [0.2, 0.25) is 0 Å². The summed E-state index contributed by atoms with van der Waals surface area (Å²) in [4.78, 5) is 0. The molecule has 2 nitrogen and oxygen atoms in total. The van der Waals surface area contributed by atoms with Crippen LogP contribution in [0.2, 0.25) is 0 Å². The van der Waals surface area contributed by atoms with Crippen LogP contribution in [0.4, 0.5) is 0 Å². The van der Waals surface area contributed by atoms with Gasteiger partial charge in [-0.1, -0.05) is 6.07 Å². The van der Waals surface area contributed by atoms with Crippen molar-refractivity contribution in [3.8, 4) is 5.75 Å². The summed E-state index contributed by atoms with van der Waals surface area (Å²) >= 11 is 0. The van der Waals surface area contributed by atoms with Gasteiger partial charge in [0.25, 0.3) is 0 Å². The summed E-state index contributed by atoms with van der Waals surface area (Å²) in [6, 6.07) is 2.22. The van der Waals surface area contributed by atoms with Gasteiger partial charge in [-0.25, -0.2) is 0 Å². The molecule has 0 fully saturated rings. The van der Waals surface area contributed by atoms with Gasteiger partial charge in [-0.05, 0) is 63.9 Å². The fraction of sp³-hybridized carbons (Fsp3) is 0.571. The Morgan fingerprint density at radius 3 is 2.12 bits per heavy atom. The van der Waals surface area contributed by atoms with Crippen molar-refractivity contribution in [2.75, 3.05) is 14.2 Å². The molecule has 1 N–H and O–H groups in total. The van der Waals surface area contributed by atoms with Crippen LogP contribution >= 0.6 is 0 Å². The molecule has 0 aliphatic rings. The molecule has 0 unspecified atom stereocenters. The Bertz CT molecular complexity index is 394. The molecule has 2 heteroatoms. The molecule has 0 radical (unpaired) electrons.